The Morgan fingerprint density at radius 1 is 1.14 bits per heavy atom. The van der Waals surface area contributed by atoms with E-state index in [9.17, 15) is 17.2 Å². The maximum Gasteiger partial charge on any atom is 0.246 e. The van der Waals surface area contributed by atoms with E-state index in [-0.39, 0.29) is 6.54 Å². The maximum atomic E-state index is 13.7. The third kappa shape index (κ3) is 3.40. The Morgan fingerprint density at radius 2 is 1.81 bits per heavy atom. The fourth-order valence-electron chi connectivity index (χ4n) is 1.80. The van der Waals surface area contributed by atoms with Crippen LogP contribution in [0.15, 0.2) is 47.4 Å². The average Bonchev–Trinajstić information content (AvgIpc) is 2.40. The van der Waals surface area contributed by atoms with E-state index in [1.165, 1.54) is 7.05 Å². The fraction of sp³-hybridized carbons (Fsp3) is 0.143. The summed E-state index contributed by atoms with van der Waals surface area (Å²) in [7, 11) is -2.76. The molecule has 0 aromatic heterocycles. The maximum absolute atomic E-state index is 13.7. The lowest BCUT2D eigenvalue weighted by Crippen LogP contribution is -2.27. The summed E-state index contributed by atoms with van der Waals surface area (Å²) in [6.07, 6.45) is 0. The normalized spacial score (nSPS) is 11.9. The van der Waals surface area contributed by atoms with Gasteiger partial charge in [0.1, 0.15) is 16.5 Å². The van der Waals surface area contributed by atoms with E-state index in [1.807, 2.05) is 0 Å². The molecule has 0 saturated carbocycles. The van der Waals surface area contributed by atoms with Crippen molar-refractivity contribution >= 4 is 21.6 Å². The summed E-state index contributed by atoms with van der Waals surface area (Å²) in [4.78, 5) is -0.571. The van der Waals surface area contributed by atoms with Crippen LogP contribution in [0.25, 0.3) is 0 Å². The number of hydrogen-bond donors (Lipinski definition) is 0. The Balaban J connectivity index is 2.33. The number of hydrogen-bond acceptors (Lipinski definition) is 2. The van der Waals surface area contributed by atoms with Crippen LogP contribution in [0.4, 0.5) is 8.78 Å². The lowest BCUT2D eigenvalue weighted by atomic mass is 10.2. The van der Waals surface area contributed by atoms with Gasteiger partial charge in [0.05, 0.1) is 0 Å². The van der Waals surface area contributed by atoms with Crippen molar-refractivity contribution in [2.45, 2.75) is 11.4 Å². The van der Waals surface area contributed by atoms with E-state index in [1.54, 1.807) is 24.3 Å². The second-order valence-electron chi connectivity index (χ2n) is 4.43. The molecule has 3 nitrogen and oxygen atoms in total. The standard InChI is InChI=1S/C14H12ClF2NO2S/c1-18(9-10-4-2-3-5-12(10)15)21(19,20)14-7-6-11(16)8-13(14)17/h2-8H,9H2,1H3. The largest absolute Gasteiger partial charge is 0.246 e. The van der Waals surface area contributed by atoms with Crippen LogP contribution in [0.3, 0.4) is 0 Å². The van der Waals surface area contributed by atoms with Gasteiger partial charge < -0.3 is 0 Å². The van der Waals surface area contributed by atoms with Crippen LogP contribution in [0.2, 0.25) is 5.02 Å². The predicted molar refractivity (Wildman–Crippen MR) is 76.5 cm³/mol. The van der Waals surface area contributed by atoms with Gasteiger partial charge in [-0.2, -0.15) is 4.31 Å². The molecule has 0 aliphatic rings. The molecule has 0 saturated heterocycles. The summed E-state index contributed by atoms with van der Waals surface area (Å²) in [6, 6.07) is 9.10. The molecule has 112 valence electrons. The molecule has 0 unspecified atom stereocenters. The van der Waals surface area contributed by atoms with Gasteiger partial charge in [-0.3, -0.25) is 0 Å². The molecule has 0 atom stereocenters. The van der Waals surface area contributed by atoms with Gasteiger partial charge in [-0.05, 0) is 23.8 Å². The zero-order valence-corrected chi connectivity index (χ0v) is 12.6. The Hall–Kier alpha value is -1.50. The second kappa shape index (κ2) is 6.09. The van der Waals surface area contributed by atoms with Crippen LogP contribution in [-0.4, -0.2) is 19.8 Å². The minimum atomic E-state index is -4.07. The van der Waals surface area contributed by atoms with Gasteiger partial charge in [0.15, 0.2) is 0 Å². The van der Waals surface area contributed by atoms with Crippen molar-refractivity contribution < 1.29 is 17.2 Å². The first kappa shape index (κ1) is 15.9. The van der Waals surface area contributed by atoms with Crippen LogP contribution in [0, 0.1) is 11.6 Å². The molecule has 2 aromatic carbocycles. The zero-order valence-electron chi connectivity index (χ0n) is 11.1. The molecule has 2 rings (SSSR count). The highest BCUT2D eigenvalue weighted by atomic mass is 35.5. The number of benzene rings is 2. The van der Waals surface area contributed by atoms with E-state index in [4.69, 9.17) is 11.6 Å². The van der Waals surface area contributed by atoms with E-state index in [2.05, 4.69) is 0 Å². The van der Waals surface area contributed by atoms with Gasteiger partial charge in [0.2, 0.25) is 10.0 Å². The smallest absolute Gasteiger partial charge is 0.207 e. The van der Waals surface area contributed by atoms with Crippen molar-refractivity contribution in [2.75, 3.05) is 7.05 Å². The molecule has 2 aromatic rings. The van der Waals surface area contributed by atoms with E-state index in [0.717, 1.165) is 16.4 Å². The molecule has 0 N–H and O–H groups in total. The molecular formula is C14H12ClF2NO2S. The summed E-state index contributed by atoms with van der Waals surface area (Å²) in [5.41, 5.74) is 0.591. The van der Waals surface area contributed by atoms with Crippen molar-refractivity contribution in [2.24, 2.45) is 0 Å². The minimum absolute atomic E-state index is 0.0151. The predicted octanol–water partition coefficient (Wildman–Crippen LogP) is 3.44. The van der Waals surface area contributed by atoms with Gasteiger partial charge in [0.25, 0.3) is 0 Å². The molecular weight excluding hydrogens is 320 g/mol. The monoisotopic (exact) mass is 331 g/mol. The zero-order chi connectivity index (χ0) is 15.6. The molecule has 0 spiro atoms. The first-order valence-electron chi connectivity index (χ1n) is 5.97. The Morgan fingerprint density at radius 3 is 2.43 bits per heavy atom. The summed E-state index contributed by atoms with van der Waals surface area (Å²) in [5.74, 6) is -1.96. The van der Waals surface area contributed by atoms with Crippen LogP contribution < -0.4 is 0 Å². The van der Waals surface area contributed by atoms with Crippen molar-refractivity contribution in [1.29, 1.82) is 0 Å². The van der Waals surface area contributed by atoms with Crippen LogP contribution in [-0.2, 0) is 16.6 Å². The molecule has 7 heteroatoms. The molecule has 0 fully saturated rings. The SMILES string of the molecule is CN(Cc1ccccc1Cl)S(=O)(=O)c1ccc(F)cc1F. The van der Waals surface area contributed by atoms with Crippen LogP contribution >= 0.6 is 11.6 Å². The highest BCUT2D eigenvalue weighted by Crippen LogP contribution is 2.23. The molecule has 0 aliphatic carbocycles. The van der Waals surface area contributed by atoms with Crippen LogP contribution in [0.5, 0.6) is 0 Å². The van der Waals surface area contributed by atoms with Crippen LogP contribution in [0.1, 0.15) is 5.56 Å². The summed E-state index contributed by atoms with van der Waals surface area (Å²) in [5, 5.41) is 0.416. The Labute approximate surface area is 126 Å². The fourth-order valence-corrected chi connectivity index (χ4v) is 3.19. The lowest BCUT2D eigenvalue weighted by molar-refractivity contribution is 0.458. The van der Waals surface area contributed by atoms with Gasteiger partial charge in [-0.15, -0.1) is 0 Å². The molecule has 0 aliphatic heterocycles. The summed E-state index contributed by atoms with van der Waals surface area (Å²) < 4.78 is 52.1. The number of halogens is 3. The van der Waals surface area contributed by atoms with Crippen molar-refractivity contribution in [3.63, 3.8) is 0 Å². The number of sulfonamides is 1. The van der Waals surface area contributed by atoms with E-state index >= 15 is 0 Å². The Bertz CT molecular complexity index is 765. The minimum Gasteiger partial charge on any atom is -0.207 e. The van der Waals surface area contributed by atoms with E-state index in [0.29, 0.717) is 16.7 Å². The third-order valence-corrected chi connectivity index (χ3v) is 5.14. The number of nitrogens with zero attached hydrogens (tertiary/aromatic N) is 1. The first-order valence-corrected chi connectivity index (χ1v) is 7.79. The van der Waals surface area contributed by atoms with Gasteiger partial charge in [-0.25, -0.2) is 17.2 Å². The summed E-state index contributed by atoms with van der Waals surface area (Å²) in [6.45, 7) is -0.0151. The topological polar surface area (TPSA) is 37.4 Å². The first-order chi connectivity index (χ1) is 9.82. The highest BCUT2D eigenvalue weighted by molar-refractivity contribution is 7.89. The molecule has 0 radical (unpaired) electrons. The second-order valence-corrected chi connectivity index (χ2v) is 6.85. The number of rotatable bonds is 4. The highest BCUT2D eigenvalue weighted by Gasteiger charge is 2.25. The average molecular weight is 332 g/mol. The summed E-state index contributed by atoms with van der Waals surface area (Å²) >= 11 is 5.97. The van der Waals surface area contributed by atoms with Crippen molar-refractivity contribution in [1.82, 2.24) is 4.31 Å². The molecule has 0 bridgehead atoms. The van der Waals surface area contributed by atoms with E-state index < -0.39 is 26.6 Å². The van der Waals surface area contributed by atoms with Gasteiger partial charge in [-0.1, -0.05) is 29.8 Å². The third-order valence-electron chi connectivity index (χ3n) is 2.93. The van der Waals surface area contributed by atoms with Crippen molar-refractivity contribution in [3.05, 3.63) is 64.7 Å². The molecule has 0 heterocycles. The lowest BCUT2D eigenvalue weighted by Gasteiger charge is -2.18. The molecule has 0 amide bonds. The van der Waals surface area contributed by atoms with Gasteiger partial charge >= 0.3 is 0 Å². The molecule has 21 heavy (non-hydrogen) atoms. The van der Waals surface area contributed by atoms with Gasteiger partial charge in [0, 0.05) is 24.7 Å². The van der Waals surface area contributed by atoms with Crippen molar-refractivity contribution in [3.8, 4) is 0 Å². The quantitative estimate of drug-likeness (QED) is 0.860. The Kier molecular flexibility index (Phi) is 4.61.